The van der Waals surface area contributed by atoms with Crippen molar-refractivity contribution in [2.75, 3.05) is 17.2 Å². The van der Waals surface area contributed by atoms with Gasteiger partial charge in [-0.15, -0.1) is 34.7 Å². The first kappa shape index (κ1) is 22.6. The molecule has 0 saturated carbocycles. The van der Waals surface area contributed by atoms with E-state index in [0.717, 1.165) is 16.8 Å². The maximum absolute atomic E-state index is 13.1. The number of pyridine rings is 1. The third kappa shape index (κ3) is 5.27. The first-order valence-electron chi connectivity index (χ1n) is 10.2. The number of hydrogen-bond donors (Lipinski definition) is 0. The van der Waals surface area contributed by atoms with Gasteiger partial charge in [0.05, 0.1) is 11.4 Å². The minimum Gasteiger partial charge on any atom is -0.298 e. The zero-order valence-corrected chi connectivity index (χ0v) is 19.5. The molecule has 3 heterocycles. The smallest absolute Gasteiger partial charge is 0.239 e. The average molecular weight is 475 g/mol. The van der Waals surface area contributed by atoms with E-state index in [9.17, 15) is 4.79 Å². The van der Waals surface area contributed by atoms with Gasteiger partial charge in [0.1, 0.15) is 0 Å². The summed E-state index contributed by atoms with van der Waals surface area (Å²) in [7, 11) is 0. The van der Waals surface area contributed by atoms with Crippen LogP contribution < -0.4 is 4.90 Å². The Morgan fingerprint density at radius 1 is 1.06 bits per heavy atom. The van der Waals surface area contributed by atoms with Gasteiger partial charge in [0.2, 0.25) is 5.91 Å². The van der Waals surface area contributed by atoms with Gasteiger partial charge in [-0.3, -0.25) is 19.2 Å². The zero-order valence-electron chi connectivity index (χ0n) is 17.9. The molecule has 9 heteroatoms. The van der Waals surface area contributed by atoms with Crippen molar-refractivity contribution in [3.63, 3.8) is 0 Å². The van der Waals surface area contributed by atoms with Crippen molar-refractivity contribution in [3.8, 4) is 22.6 Å². The topological polar surface area (TPSA) is 76.8 Å². The van der Waals surface area contributed by atoms with Gasteiger partial charge >= 0.3 is 0 Å². The summed E-state index contributed by atoms with van der Waals surface area (Å²) in [6, 6.07) is 13.7. The van der Waals surface area contributed by atoms with Crippen LogP contribution in [0.25, 0.3) is 22.6 Å². The summed E-state index contributed by atoms with van der Waals surface area (Å²) in [5.41, 5.74) is 2.77. The molecule has 0 aliphatic carbocycles. The molecule has 4 rings (SSSR count). The predicted molar refractivity (Wildman–Crippen MR) is 134 cm³/mol. The van der Waals surface area contributed by atoms with E-state index in [4.69, 9.17) is 0 Å². The molecule has 0 fully saturated rings. The van der Waals surface area contributed by atoms with Crippen LogP contribution in [0.1, 0.15) is 0 Å². The standard InChI is InChI=1S/C24H22N6OS2/c1-3-14-29(23-26-20(16-32-23)18-8-6-5-7-9-18)21(31)17-33-24-28-27-22(30(24)15-4-2)19-10-12-25-13-11-19/h3-13,16H,1-2,14-15,17H2. The van der Waals surface area contributed by atoms with E-state index in [0.29, 0.717) is 29.2 Å². The Hall–Kier alpha value is -3.56. The first-order valence-corrected chi connectivity index (χ1v) is 12.1. The van der Waals surface area contributed by atoms with Gasteiger partial charge in [-0.05, 0) is 12.1 Å². The molecule has 0 atom stereocenters. The summed E-state index contributed by atoms with van der Waals surface area (Å²) in [5, 5.41) is 11.9. The molecule has 0 bridgehead atoms. The van der Waals surface area contributed by atoms with Gasteiger partial charge in [0, 0.05) is 42.0 Å². The minimum atomic E-state index is -0.0764. The molecule has 0 aliphatic rings. The van der Waals surface area contributed by atoms with E-state index >= 15 is 0 Å². The maximum Gasteiger partial charge on any atom is 0.239 e. The fraction of sp³-hybridized carbons (Fsp3) is 0.125. The Labute approximate surface area is 200 Å². The third-order valence-corrected chi connectivity index (χ3v) is 6.51. The molecule has 0 radical (unpaired) electrons. The summed E-state index contributed by atoms with van der Waals surface area (Å²) < 4.78 is 1.94. The molecule has 0 aliphatic heterocycles. The van der Waals surface area contributed by atoms with E-state index < -0.39 is 0 Å². The number of nitrogens with zero attached hydrogens (tertiary/aromatic N) is 6. The first-order chi connectivity index (χ1) is 16.2. The number of hydrogen-bond acceptors (Lipinski definition) is 7. The average Bonchev–Trinajstić information content (AvgIpc) is 3.50. The van der Waals surface area contributed by atoms with Crippen LogP contribution in [0.2, 0.25) is 0 Å². The van der Waals surface area contributed by atoms with Crippen LogP contribution in [-0.4, -0.2) is 42.9 Å². The van der Waals surface area contributed by atoms with E-state index in [1.54, 1.807) is 29.4 Å². The van der Waals surface area contributed by atoms with Crippen LogP contribution in [0.15, 0.2) is 90.7 Å². The molecule has 0 saturated heterocycles. The molecule has 33 heavy (non-hydrogen) atoms. The second-order valence-corrected chi connectivity index (χ2v) is 8.68. The summed E-state index contributed by atoms with van der Waals surface area (Å²) >= 11 is 2.78. The minimum absolute atomic E-state index is 0.0764. The van der Waals surface area contributed by atoms with Gasteiger partial charge in [-0.25, -0.2) is 4.98 Å². The molecule has 166 valence electrons. The number of carbonyl (C=O) groups is 1. The lowest BCUT2D eigenvalue weighted by molar-refractivity contribution is -0.116. The Morgan fingerprint density at radius 2 is 1.85 bits per heavy atom. The monoisotopic (exact) mass is 474 g/mol. The second-order valence-electron chi connectivity index (χ2n) is 6.90. The highest BCUT2D eigenvalue weighted by molar-refractivity contribution is 7.99. The molecule has 1 amide bonds. The molecular formula is C24H22N6OS2. The molecule has 3 aromatic heterocycles. The van der Waals surface area contributed by atoms with Crippen LogP contribution in [0.4, 0.5) is 5.13 Å². The number of thioether (sulfide) groups is 1. The predicted octanol–water partition coefficient (Wildman–Crippen LogP) is 4.96. The molecule has 7 nitrogen and oxygen atoms in total. The quantitative estimate of drug-likeness (QED) is 0.239. The fourth-order valence-electron chi connectivity index (χ4n) is 3.15. The number of carbonyl (C=O) groups excluding carboxylic acids is 1. The number of amides is 1. The van der Waals surface area contributed by atoms with E-state index in [2.05, 4.69) is 33.3 Å². The largest absolute Gasteiger partial charge is 0.298 e. The SMILES string of the molecule is C=CCN(C(=O)CSc1nnc(-c2ccncc2)n1CC=C)c1nc(-c2ccccc2)cs1. The number of aromatic nitrogens is 5. The summed E-state index contributed by atoms with van der Waals surface area (Å²) in [5.74, 6) is 0.829. The van der Waals surface area contributed by atoms with E-state index in [1.807, 2.05) is 52.4 Å². The van der Waals surface area contributed by atoms with Gasteiger partial charge < -0.3 is 0 Å². The van der Waals surface area contributed by atoms with Crippen LogP contribution in [-0.2, 0) is 11.3 Å². The van der Waals surface area contributed by atoms with Gasteiger partial charge in [0.25, 0.3) is 0 Å². The lowest BCUT2D eigenvalue weighted by Crippen LogP contribution is -2.32. The van der Waals surface area contributed by atoms with Gasteiger partial charge in [0.15, 0.2) is 16.1 Å². The molecule has 4 aromatic rings. The second kappa shape index (κ2) is 10.8. The summed E-state index contributed by atoms with van der Waals surface area (Å²) in [6.07, 6.45) is 6.91. The van der Waals surface area contributed by atoms with Gasteiger partial charge in [-0.1, -0.05) is 54.2 Å². The maximum atomic E-state index is 13.1. The normalized spacial score (nSPS) is 10.7. The highest BCUT2D eigenvalue weighted by Gasteiger charge is 2.21. The number of anilines is 1. The Morgan fingerprint density at radius 3 is 2.58 bits per heavy atom. The van der Waals surface area contributed by atoms with Crippen LogP contribution >= 0.6 is 23.1 Å². The Kier molecular flexibility index (Phi) is 7.43. The number of thiazole rings is 1. The van der Waals surface area contributed by atoms with Gasteiger partial charge in [-0.2, -0.15) is 0 Å². The highest BCUT2D eigenvalue weighted by Crippen LogP contribution is 2.29. The van der Waals surface area contributed by atoms with Crippen molar-refractivity contribution in [2.45, 2.75) is 11.7 Å². The Balaban J connectivity index is 1.51. The van der Waals surface area contributed by atoms with Crippen molar-refractivity contribution in [1.82, 2.24) is 24.7 Å². The van der Waals surface area contributed by atoms with Crippen molar-refractivity contribution >= 4 is 34.1 Å². The third-order valence-electron chi connectivity index (χ3n) is 4.70. The summed E-state index contributed by atoms with van der Waals surface area (Å²) in [6.45, 7) is 8.55. The lowest BCUT2D eigenvalue weighted by Gasteiger charge is -2.17. The van der Waals surface area contributed by atoms with Crippen LogP contribution in [0, 0.1) is 0 Å². The molecule has 0 spiro atoms. The zero-order chi connectivity index (χ0) is 23.0. The van der Waals surface area contributed by atoms with Crippen molar-refractivity contribution in [3.05, 3.63) is 85.5 Å². The van der Waals surface area contributed by atoms with Crippen LogP contribution in [0.5, 0.6) is 0 Å². The van der Waals surface area contributed by atoms with Crippen LogP contribution in [0.3, 0.4) is 0 Å². The van der Waals surface area contributed by atoms with Crippen molar-refractivity contribution in [1.29, 1.82) is 0 Å². The van der Waals surface area contributed by atoms with E-state index in [1.165, 1.54) is 23.1 Å². The molecular weight excluding hydrogens is 452 g/mol. The Bertz CT molecular complexity index is 1240. The number of allylic oxidation sites excluding steroid dienone is 1. The summed E-state index contributed by atoms with van der Waals surface area (Å²) in [4.78, 5) is 23.5. The molecule has 0 unspecified atom stereocenters. The number of rotatable bonds is 10. The molecule has 0 N–H and O–H groups in total. The molecule has 1 aromatic carbocycles. The fourth-order valence-corrected chi connectivity index (χ4v) is 4.84. The number of benzene rings is 1. The highest BCUT2D eigenvalue weighted by atomic mass is 32.2. The van der Waals surface area contributed by atoms with E-state index in [-0.39, 0.29) is 11.7 Å². The van der Waals surface area contributed by atoms with Crippen molar-refractivity contribution in [2.24, 2.45) is 0 Å². The lowest BCUT2D eigenvalue weighted by atomic mass is 10.2. The van der Waals surface area contributed by atoms with Crippen molar-refractivity contribution < 1.29 is 4.79 Å².